The summed E-state index contributed by atoms with van der Waals surface area (Å²) < 4.78 is 8.30. The molecule has 4 aromatic rings. The molecule has 0 heterocycles. The van der Waals surface area contributed by atoms with Crippen LogP contribution in [0.5, 0.6) is 0 Å². The molecule has 0 aliphatic heterocycles. The molecule has 1 aliphatic carbocycles. The smallest absolute Gasteiger partial charge is 0.183 e. The first-order valence-electron chi connectivity index (χ1n) is 11.4. The van der Waals surface area contributed by atoms with Crippen LogP contribution in [0.4, 0.5) is 0 Å². The minimum Gasteiger partial charge on any atom is -1.00 e. The SMILES string of the molecule is C[CH]=[Zr+2].C[Si](C)(C)OCCC1=Cc2ccccc2C1c1cccc2c1[cH-]c1ccccc12.[Cl-].[Cl-]. The number of hydrogen-bond donors (Lipinski definition) is 0. The monoisotopic (exact) mass is 583 g/mol. The predicted molar refractivity (Wildman–Crippen MR) is 139 cm³/mol. The van der Waals surface area contributed by atoms with Crippen LogP contribution in [0.25, 0.3) is 27.6 Å². The standard InChI is InChI=1S/C27H27OSi.C2H4.2ClH.Zr/c1-29(2,3)28-16-15-21-17-19-9-5-7-12-23(19)27(21)25-14-8-13-24-22-11-6-4-10-20(22)18-26(24)25;1-2;;;/h4-14,17-18,27H,15-16H2,1-3H3;1H,2H3;2*1H;/q-1;;;;+2/p-2. The molecule has 5 rings (SSSR count). The molecule has 1 aliphatic rings. The van der Waals surface area contributed by atoms with E-state index >= 15 is 0 Å². The molecule has 1 unspecified atom stereocenters. The van der Waals surface area contributed by atoms with E-state index in [1.807, 2.05) is 6.92 Å². The molecule has 0 spiro atoms. The maximum Gasteiger partial charge on any atom is 0.183 e. The molecule has 0 radical (unpaired) electrons. The molecule has 0 fully saturated rings. The van der Waals surface area contributed by atoms with Gasteiger partial charge in [-0.15, -0.1) is 33.7 Å². The molecule has 1 atom stereocenters. The average Bonchev–Trinajstić information content (AvgIpc) is 3.31. The molecule has 0 saturated heterocycles. The Morgan fingerprint density at radius 1 is 0.882 bits per heavy atom. The van der Waals surface area contributed by atoms with E-state index in [2.05, 4.69) is 102 Å². The van der Waals surface area contributed by atoms with E-state index in [1.54, 1.807) is 0 Å². The Morgan fingerprint density at radius 2 is 1.50 bits per heavy atom. The molecule has 0 aromatic heterocycles. The van der Waals surface area contributed by atoms with Crippen molar-refractivity contribution in [1.82, 2.24) is 0 Å². The van der Waals surface area contributed by atoms with E-state index in [-0.39, 0.29) is 24.8 Å². The van der Waals surface area contributed by atoms with E-state index in [4.69, 9.17) is 4.43 Å². The second-order valence-electron chi connectivity index (χ2n) is 9.32. The van der Waals surface area contributed by atoms with Gasteiger partial charge in [0, 0.05) is 12.5 Å². The third-order valence-corrected chi connectivity index (χ3v) is 7.02. The van der Waals surface area contributed by atoms with Crippen LogP contribution >= 0.6 is 0 Å². The summed E-state index contributed by atoms with van der Waals surface area (Å²) >= 11 is 1.51. The van der Waals surface area contributed by atoms with Crippen molar-refractivity contribution in [3.8, 4) is 0 Å². The molecular weight excluding hydrogens is 555 g/mol. The van der Waals surface area contributed by atoms with Crippen molar-refractivity contribution in [1.29, 1.82) is 0 Å². The summed E-state index contributed by atoms with van der Waals surface area (Å²) in [7, 11) is -1.50. The van der Waals surface area contributed by atoms with Crippen LogP contribution in [-0.4, -0.2) is 18.6 Å². The predicted octanol–water partition coefficient (Wildman–Crippen LogP) is 1.85. The summed E-state index contributed by atoms with van der Waals surface area (Å²) in [6.45, 7) is 9.64. The van der Waals surface area contributed by atoms with Crippen LogP contribution in [0.3, 0.4) is 0 Å². The van der Waals surface area contributed by atoms with Crippen LogP contribution in [0.2, 0.25) is 19.6 Å². The molecule has 34 heavy (non-hydrogen) atoms. The van der Waals surface area contributed by atoms with Crippen molar-refractivity contribution in [2.45, 2.75) is 38.9 Å². The average molecular weight is 586 g/mol. The summed E-state index contributed by atoms with van der Waals surface area (Å²) in [4.78, 5) is 0. The van der Waals surface area contributed by atoms with Crippen molar-refractivity contribution in [2.24, 2.45) is 0 Å². The van der Waals surface area contributed by atoms with Gasteiger partial charge < -0.3 is 29.2 Å². The Balaban J connectivity index is 0.000000778. The molecule has 0 N–H and O–H groups in total. The molecule has 0 amide bonds. The maximum absolute atomic E-state index is 6.21. The molecule has 1 nitrogen and oxygen atoms in total. The first-order chi connectivity index (χ1) is 15.4. The fourth-order valence-electron chi connectivity index (χ4n) is 4.70. The van der Waals surface area contributed by atoms with Gasteiger partial charge in [-0.3, -0.25) is 0 Å². The Kier molecular flexibility index (Phi) is 10.8. The Bertz CT molecular complexity index is 1290. The summed E-state index contributed by atoms with van der Waals surface area (Å²) in [6, 6.07) is 26.8. The van der Waals surface area contributed by atoms with E-state index in [0.717, 1.165) is 13.0 Å². The second-order valence-corrected chi connectivity index (χ2v) is 15.3. The molecular formula is C29H31Cl2OSiZr-. The second kappa shape index (κ2) is 12.7. The Hall–Kier alpha value is -1.22. The van der Waals surface area contributed by atoms with E-state index in [1.165, 1.54) is 68.0 Å². The summed E-state index contributed by atoms with van der Waals surface area (Å²) in [5.74, 6) is 0.317. The zero-order chi connectivity index (χ0) is 22.7. The normalized spacial score (nSPS) is 14.4. The Labute approximate surface area is 232 Å². The third-order valence-electron chi connectivity index (χ3n) is 5.95. The van der Waals surface area contributed by atoms with Gasteiger partial charge in [0.2, 0.25) is 0 Å². The van der Waals surface area contributed by atoms with Gasteiger partial charge in [0.15, 0.2) is 8.32 Å². The van der Waals surface area contributed by atoms with E-state index < -0.39 is 8.32 Å². The number of fused-ring (bicyclic) bond motifs is 4. The van der Waals surface area contributed by atoms with E-state index in [0.29, 0.717) is 5.92 Å². The summed E-state index contributed by atoms with van der Waals surface area (Å²) in [5, 5.41) is 5.42. The maximum atomic E-state index is 6.21. The van der Waals surface area contributed by atoms with Gasteiger partial charge in [0.05, 0.1) is 0 Å². The summed E-state index contributed by atoms with van der Waals surface area (Å²) in [6.07, 6.45) is 3.38. The largest absolute Gasteiger partial charge is 1.00 e. The first-order valence-corrected chi connectivity index (χ1v) is 16.2. The van der Waals surface area contributed by atoms with Crippen LogP contribution in [0.1, 0.15) is 36.0 Å². The minimum atomic E-state index is -1.50. The molecule has 176 valence electrons. The van der Waals surface area contributed by atoms with Crippen LogP contribution < -0.4 is 24.8 Å². The van der Waals surface area contributed by atoms with Gasteiger partial charge in [0.1, 0.15) is 0 Å². The van der Waals surface area contributed by atoms with Crippen molar-refractivity contribution >= 4 is 39.6 Å². The van der Waals surface area contributed by atoms with Gasteiger partial charge in [-0.05, 0) is 37.2 Å². The zero-order valence-corrected chi connectivity index (χ0v) is 25.2. The third kappa shape index (κ3) is 6.31. The fourth-order valence-corrected chi connectivity index (χ4v) is 5.42. The zero-order valence-electron chi connectivity index (χ0n) is 20.2. The number of halogens is 2. The van der Waals surface area contributed by atoms with Crippen molar-refractivity contribution in [2.75, 3.05) is 6.61 Å². The molecule has 0 saturated carbocycles. The quantitative estimate of drug-likeness (QED) is 0.257. The van der Waals surface area contributed by atoms with Crippen LogP contribution in [0, 0.1) is 0 Å². The summed E-state index contributed by atoms with van der Waals surface area (Å²) in [5.41, 5.74) is 5.67. The first kappa shape index (κ1) is 29.0. The van der Waals surface area contributed by atoms with Crippen LogP contribution in [-0.2, 0) is 28.7 Å². The number of rotatable bonds is 5. The minimum absolute atomic E-state index is 0. The van der Waals surface area contributed by atoms with Crippen molar-refractivity contribution in [3.05, 3.63) is 95.1 Å². The molecule has 4 aromatic carbocycles. The van der Waals surface area contributed by atoms with Gasteiger partial charge in [-0.2, -0.15) is 0 Å². The van der Waals surface area contributed by atoms with Crippen molar-refractivity contribution in [3.63, 3.8) is 0 Å². The van der Waals surface area contributed by atoms with Crippen molar-refractivity contribution < 1.29 is 53.5 Å². The van der Waals surface area contributed by atoms with Gasteiger partial charge in [0.25, 0.3) is 0 Å². The molecule has 5 heteroatoms. The Morgan fingerprint density at radius 3 is 2.24 bits per heavy atom. The topological polar surface area (TPSA) is 9.23 Å². The number of hydrogen-bond acceptors (Lipinski definition) is 1. The van der Waals surface area contributed by atoms with Gasteiger partial charge in [-0.1, -0.05) is 77.9 Å². The van der Waals surface area contributed by atoms with Crippen LogP contribution in [0.15, 0.2) is 78.4 Å². The van der Waals surface area contributed by atoms with Gasteiger partial charge in [-0.25, -0.2) is 0 Å². The van der Waals surface area contributed by atoms with Gasteiger partial charge >= 0.3 is 34.9 Å². The number of benzene rings is 3. The fraction of sp³-hybridized carbons (Fsp3) is 0.241. The van der Waals surface area contributed by atoms with E-state index in [9.17, 15) is 0 Å². The molecule has 0 bridgehead atoms.